The summed E-state index contributed by atoms with van der Waals surface area (Å²) in [7, 11) is 0. The Morgan fingerprint density at radius 2 is 1.83 bits per heavy atom. The fraction of sp³-hybridized carbons (Fsp3) is 0.167. The smallest absolute Gasteiger partial charge is 0.179 e. The predicted molar refractivity (Wildman–Crippen MR) is 97.8 cm³/mol. The molecule has 0 aliphatic rings. The molecule has 0 amide bonds. The highest BCUT2D eigenvalue weighted by Gasteiger charge is 2.07. The van der Waals surface area contributed by atoms with Crippen molar-refractivity contribution in [2.75, 3.05) is 6.26 Å². The SMILES string of the molecule is CSc1ccc(CSc2cc(C)nc(-c3ccccn3)n2)cc1. The Morgan fingerprint density at radius 1 is 1.00 bits per heavy atom. The van der Waals surface area contributed by atoms with Gasteiger partial charge in [-0.3, -0.25) is 4.98 Å². The maximum absolute atomic E-state index is 4.64. The van der Waals surface area contributed by atoms with Crippen LogP contribution in [0.5, 0.6) is 0 Å². The molecule has 0 fully saturated rings. The number of aromatic nitrogens is 3. The van der Waals surface area contributed by atoms with Gasteiger partial charge in [-0.05, 0) is 49.1 Å². The van der Waals surface area contributed by atoms with Crippen molar-refractivity contribution in [2.24, 2.45) is 0 Å². The van der Waals surface area contributed by atoms with Gasteiger partial charge in [-0.15, -0.1) is 23.5 Å². The zero-order chi connectivity index (χ0) is 16.1. The molecule has 0 spiro atoms. The number of hydrogen-bond acceptors (Lipinski definition) is 5. The van der Waals surface area contributed by atoms with E-state index in [-0.39, 0.29) is 0 Å². The lowest BCUT2D eigenvalue weighted by atomic mass is 10.2. The van der Waals surface area contributed by atoms with Gasteiger partial charge in [0.05, 0.1) is 0 Å². The monoisotopic (exact) mass is 339 g/mol. The number of benzene rings is 1. The van der Waals surface area contributed by atoms with Crippen LogP contribution in [0.2, 0.25) is 0 Å². The van der Waals surface area contributed by atoms with Gasteiger partial charge in [0.1, 0.15) is 10.7 Å². The van der Waals surface area contributed by atoms with E-state index in [1.54, 1.807) is 29.7 Å². The molecule has 0 radical (unpaired) electrons. The largest absolute Gasteiger partial charge is 0.253 e. The van der Waals surface area contributed by atoms with E-state index < -0.39 is 0 Å². The highest BCUT2D eigenvalue weighted by Crippen LogP contribution is 2.25. The minimum Gasteiger partial charge on any atom is -0.253 e. The average molecular weight is 339 g/mol. The Hall–Kier alpha value is -1.85. The second-order valence-corrected chi connectivity index (χ2v) is 6.90. The first kappa shape index (κ1) is 16.0. The molecule has 0 saturated heterocycles. The van der Waals surface area contributed by atoms with Gasteiger partial charge in [0.25, 0.3) is 0 Å². The summed E-state index contributed by atoms with van der Waals surface area (Å²) in [5.74, 6) is 1.58. The first-order chi connectivity index (χ1) is 11.2. The minimum atomic E-state index is 0.686. The quantitative estimate of drug-likeness (QED) is 0.490. The molecule has 116 valence electrons. The van der Waals surface area contributed by atoms with Crippen molar-refractivity contribution in [2.45, 2.75) is 22.6 Å². The van der Waals surface area contributed by atoms with Gasteiger partial charge < -0.3 is 0 Å². The zero-order valence-corrected chi connectivity index (χ0v) is 14.7. The van der Waals surface area contributed by atoms with Crippen LogP contribution < -0.4 is 0 Å². The van der Waals surface area contributed by atoms with E-state index in [4.69, 9.17) is 0 Å². The fourth-order valence-corrected chi connectivity index (χ4v) is 3.42. The van der Waals surface area contributed by atoms with Crippen LogP contribution in [0, 0.1) is 6.92 Å². The average Bonchev–Trinajstić information content (AvgIpc) is 2.61. The standard InChI is InChI=1S/C18H17N3S2/c1-13-11-17(21-18(20-13)16-5-3-4-10-19-16)23-12-14-6-8-15(22-2)9-7-14/h3-11H,12H2,1-2H3. The minimum absolute atomic E-state index is 0.686. The molecule has 0 aliphatic carbocycles. The topological polar surface area (TPSA) is 38.7 Å². The first-order valence-electron chi connectivity index (χ1n) is 7.27. The van der Waals surface area contributed by atoms with Crippen LogP contribution in [-0.4, -0.2) is 21.2 Å². The molecule has 3 aromatic rings. The second kappa shape index (κ2) is 7.62. The number of rotatable bonds is 5. The third-order valence-corrected chi connectivity index (χ3v) is 5.00. The summed E-state index contributed by atoms with van der Waals surface area (Å²) >= 11 is 3.48. The van der Waals surface area contributed by atoms with Gasteiger partial charge in [-0.25, -0.2) is 9.97 Å². The molecule has 23 heavy (non-hydrogen) atoms. The number of aryl methyl sites for hydroxylation is 1. The van der Waals surface area contributed by atoms with E-state index in [2.05, 4.69) is 45.5 Å². The molecule has 0 unspecified atom stereocenters. The number of thioether (sulfide) groups is 2. The molecular weight excluding hydrogens is 322 g/mol. The van der Waals surface area contributed by atoms with Crippen LogP contribution in [-0.2, 0) is 5.75 Å². The van der Waals surface area contributed by atoms with Crippen LogP contribution in [0.25, 0.3) is 11.5 Å². The molecule has 0 N–H and O–H groups in total. The summed E-state index contributed by atoms with van der Waals surface area (Å²) in [5, 5.41) is 0.979. The predicted octanol–water partition coefficient (Wildman–Crippen LogP) is 4.86. The molecule has 0 saturated carbocycles. The summed E-state index contributed by atoms with van der Waals surface area (Å²) in [6.45, 7) is 1.99. The normalized spacial score (nSPS) is 10.7. The summed E-state index contributed by atoms with van der Waals surface area (Å²) in [6.07, 6.45) is 3.85. The number of pyridine rings is 1. The van der Waals surface area contributed by atoms with Gasteiger partial charge in [-0.1, -0.05) is 18.2 Å². The third kappa shape index (κ3) is 4.33. The molecule has 0 atom stereocenters. The molecule has 3 nitrogen and oxygen atoms in total. The highest BCUT2D eigenvalue weighted by atomic mass is 32.2. The lowest BCUT2D eigenvalue weighted by Gasteiger charge is -2.06. The van der Waals surface area contributed by atoms with Crippen molar-refractivity contribution in [3.05, 3.63) is 66.0 Å². The van der Waals surface area contributed by atoms with Crippen molar-refractivity contribution in [3.8, 4) is 11.5 Å². The summed E-state index contributed by atoms with van der Waals surface area (Å²) in [4.78, 5) is 14.7. The number of nitrogens with zero attached hydrogens (tertiary/aromatic N) is 3. The lowest BCUT2D eigenvalue weighted by molar-refractivity contribution is 1.00. The molecule has 0 bridgehead atoms. The van der Waals surface area contributed by atoms with E-state index in [9.17, 15) is 0 Å². The molecule has 1 aromatic carbocycles. The lowest BCUT2D eigenvalue weighted by Crippen LogP contribution is -1.95. The summed E-state index contributed by atoms with van der Waals surface area (Å²) in [5.41, 5.74) is 3.06. The van der Waals surface area contributed by atoms with Crippen molar-refractivity contribution in [3.63, 3.8) is 0 Å². The van der Waals surface area contributed by atoms with E-state index >= 15 is 0 Å². The van der Waals surface area contributed by atoms with Crippen molar-refractivity contribution < 1.29 is 0 Å². The summed E-state index contributed by atoms with van der Waals surface area (Å²) in [6, 6.07) is 16.5. The maximum atomic E-state index is 4.64. The second-order valence-electron chi connectivity index (χ2n) is 5.02. The van der Waals surface area contributed by atoms with E-state index in [1.165, 1.54) is 10.5 Å². The molecule has 2 heterocycles. The molecular formula is C18H17N3S2. The van der Waals surface area contributed by atoms with Gasteiger partial charge in [0, 0.05) is 22.5 Å². The summed E-state index contributed by atoms with van der Waals surface area (Å²) < 4.78 is 0. The van der Waals surface area contributed by atoms with Gasteiger partial charge >= 0.3 is 0 Å². The Labute approximate surface area is 145 Å². The Morgan fingerprint density at radius 3 is 2.52 bits per heavy atom. The zero-order valence-electron chi connectivity index (χ0n) is 13.1. The van der Waals surface area contributed by atoms with Gasteiger partial charge in [-0.2, -0.15) is 0 Å². The molecule has 2 aromatic heterocycles. The molecule has 5 heteroatoms. The third-order valence-electron chi connectivity index (χ3n) is 3.27. The van der Waals surface area contributed by atoms with Crippen LogP contribution >= 0.6 is 23.5 Å². The Balaban J connectivity index is 1.76. The van der Waals surface area contributed by atoms with E-state index in [1.807, 2.05) is 31.2 Å². The number of hydrogen-bond donors (Lipinski definition) is 0. The maximum Gasteiger partial charge on any atom is 0.179 e. The fourth-order valence-electron chi connectivity index (χ4n) is 2.10. The Kier molecular flexibility index (Phi) is 5.31. The van der Waals surface area contributed by atoms with Crippen LogP contribution in [0.1, 0.15) is 11.3 Å². The van der Waals surface area contributed by atoms with E-state index in [0.29, 0.717) is 5.82 Å². The first-order valence-corrected chi connectivity index (χ1v) is 9.48. The van der Waals surface area contributed by atoms with E-state index in [0.717, 1.165) is 22.2 Å². The molecule has 3 rings (SSSR count). The van der Waals surface area contributed by atoms with Crippen molar-refractivity contribution in [1.82, 2.24) is 15.0 Å². The molecule has 0 aliphatic heterocycles. The van der Waals surface area contributed by atoms with Gasteiger partial charge in [0.2, 0.25) is 0 Å². The Bertz CT molecular complexity index is 774. The highest BCUT2D eigenvalue weighted by molar-refractivity contribution is 7.98. The van der Waals surface area contributed by atoms with Gasteiger partial charge in [0.15, 0.2) is 5.82 Å². The van der Waals surface area contributed by atoms with Crippen LogP contribution in [0.4, 0.5) is 0 Å². The van der Waals surface area contributed by atoms with Crippen molar-refractivity contribution >= 4 is 23.5 Å². The van der Waals surface area contributed by atoms with Crippen LogP contribution in [0.3, 0.4) is 0 Å². The van der Waals surface area contributed by atoms with Crippen LogP contribution in [0.15, 0.2) is 64.6 Å². The van der Waals surface area contributed by atoms with Crippen molar-refractivity contribution in [1.29, 1.82) is 0 Å².